The first kappa shape index (κ1) is 12.7. The summed E-state index contributed by atoms with van der Waals surface area (Å²) >= 11 is 0. The number of nitrogens with zero attached hydrogens (tertiary/aromatic N) is 1. The fourth-order valence-electron chi connectivity index (χ4n) is 2.54. The maximum absolute atomic E-state index is 12.0. The minimum absolute atomic E-state index is 0.132. The maximum Gasteiger partial charge on any atom is 0.410 e. The molecule has 98 valence electrons. The van der Waals surface area contributed by atoms with Gasteiger partial charge in [-0.3, -0.25) is 0 Å². The third-order valence-corrected chi connectivity index (χ3v) is 3.48. The van der Waals surface area contributed by atoms with Crippen molar-refractivity contribution in [3.05, 3.63) is 0 Å². The Morgan fingerprint density at radius 3 is 2.65 bits per heavy atom. The van der Waals surface area contributed by atoms with Crippen LogP contribution in [-0.2, 0) is 4.74 Å². The second-order valence-corrected chi connectivity index (χ2v) is 6.23. The van der Waals surface area contributed by atoms with Crippen molar-refractivity contribution in [1.29, 1.82) is 0 Å². The van der Waals surface area contributed by atoms with Gasteiger partial charge in [-0.05, 0) is 59.0 Å². The molecule has 1 N–H and O–H groups in total. The van der Waals surface area contributed by atoms with Crippen LogP contribution in [0.15, 0.2) is 0 Å². The second-order valence-electron chi connectivity index (χ2n) is 6.23. The molecule has 1 atom stereocenters. The molecular weight excluding hydrogens is 216 g/mol. The van der Waals surface area contributed by atoms with Crippen LogP contribution in [0.25, 0.3) is 0 Å². The Morgan fingerprint density at radius 2 is 2.12 bits per heavy atom. The van der Waals surface area contributed by atoms with Gasteiger partial charge in [0.1, 0.15) is 5.60 Å². The van der Waals surface area contributed by atoms with Crippen LogP contribution in [0.3, 0.4) is 0 Å². The zero-order chi connectivity index (χ0) is 12.5. The molecule has 4 nitrogen and oxygen atoms in total. The molecule has 0 aromatic rings. The first-order valence-corrected chi connectivity index (χ1v) is 6.66. The SMILES string of the molecule is CC(C)(C)OC(=O)N1CCCC1CC1CNC1. The summed E-state index contributed by atoms with van der Waals surface area (Å²) in [5.41, 5.74) is -0.387. The van der Waals surface area contributed by atoms with Gasteiger partial charge in [0.15, 0.2) is 0 Å². The molecule has 1 unspecified atom stereocenters. The summed E-state index contributed by atoms with van der Waals surface area (Å²) in [5.74, 6) is 0.753. The number of ether oxygens (including phenoxy) is 1. The fraction of sp³-hybridized carbons (Fsp3) is 0.923. The number of hydrogen-bond donors (Lipinski definition) is 1. The molecule has 0 saturated carbocycles. The van der Waals surface area contributed by atoms with Crippen molar-refractivity contribution < 1.29 is 9.53 Å². The highest BCUT2D eigenvalue weighted by Crippen LogP contribution is 2.26. The van der Waals surface area contributed by atoms with E-state index in [4.69, 9.17) is 4.74 Å². The molecule has 2 rings (SSSR count). The molecule has 17 heavy (non-hydrogen) atoms. The van der Waals surface area contributed by atoms with E-state index in [0.29, 0.717) is 6.04 Å². The van der Waals surface area contributed by atoms with E-state index in [-0.39, 0.29) is 11.7 Å². The molecule has 2 saturated heterocycles. The van der Waals surface area contributed by atoms with Crippen LogP contribution in [0, 0.1) is 5.92 Å². The summed E-state index contributed by atoms with van der Waals surface area (Å²) in [6, 6.07) is 0.400. The van der Waals surface area contributed by atoms with Crippen molar-refractivity contribution in [3.8, 4) is 0 Å². The van der Waals surface area contributed by atoms with Crippen molar-refractivity contribution in [2.75, 3.05) is 19.6 Å². The van der Waals surface area contributed by atoms with Crippen LogP contribution in [0.4, 0.5) is 4.79 Å². The van der Waals surface area contributed by atoms with Crippen LogP contribution >= 0.6 is 0 Å². The van der Waals surface area contributed by atoms with Crippen molar-refractivity contribution in [2.24, 2.45) is 5.92 Å². The zero-order valence-corrected chi connectivity index (χ0v) is 11.2. The van der Waals surface area contributed by atoms with E-state index in [1.165, 1.54) is 0 Å². The quantitative estimate of drug-likeness (QED) is 0.802. The highest BCUT2D eigenvalue weighted by Gasteiger charge is 2.34. The molecule has 2 aliphatic rings. The molecule has 4 heteroatoms. The summed E-state index contributed by atoms with van der Waals surface area (Å²) in [7, 11) is 0. The van der Waals surface area contributed by atoms with Gasteiger partial charge in [0.2, 0.25) is 0 Å². The van der Waals surface area contributed by atoms with Crippen molar-refractivity contribution in [3.63, 3.8) is 0 Å². The Hall–Kier alpha value is -0.770. The minimum atomic E-state index is -0.387. The average Bonchev–Trinajstić information content (AvgIpc) is 2.56. The monoisotopic (exact) mass is 240 g/mol. The number of nitrogens with one attached hydrogen (secondary N) is 1. The molecular formula is C13H24N2O2. The fourth-order valence-corrected chi connectivity index (χ4v) is 2.54. The third-order valence-electron chi connectivity index (χ3n) is 3.48. The average molecular weight is 240 g/mol. The Balaban J connectivity index is 1.87. The van der Waals surface area contributed by atoms with Crippen LogP contribution in [-0.4, -0.2) is 42.3 Å². The minimum Gasteiger partial charge on any atom is -0.444 e. The third kappa shape index (κ3) is 3.35. The first-order chi connectivity index (χ1) is 7.96. The lowest BCUT2D eigenvalue weighted by molar-refractivity contribution is 0.0201. The van der Waals surface area contributed by atoms with E-state index < -0.39 is 0 Å². The molecule has 2 heterocycles. The number of likely N-dealkylation sites (tertiary alicyclic amines) is 1. The Morgan fingerprint density at radius 1 is 1.41 bits per heavy atom. The van der Waals surface area contributed by atoms with E-state index >= 15 is 0 Å². The summed E-state index contributed by atoms with van der Waals surface area (Å²) in [4.78, 5) is 14.0. The normalized spacial score (nSPS) is 25.8. The lowest BCUT2D eigenvalue weighted by Gasteiger charge is -2.34. The molecule has 0 aromatic carbocycles. The Labute approximate surface area is 104 Å². The Kier molecular flexibility index (Phi) is 3.61. The van der Waals surface area contributed by atoms with Crippen molar-refractivity contribution in [1.82, 2.24) is 10.2 Å². The summed E-state index contributed by atoms with van der Waals surface area (Å²) < 4.78 is 5.46. The van der Waals surface area contributed by atoms with E-state index in [2.05, 4.69) is 5.32 Å². The smallest absolute Gasteiger partial charge is 0.410 e. The predicted molar refractivity (Wildman–Crippen MR) is 66.9 cm³/mol. The number of carbonyl (C=O) groups excluding carboxylic acids is 1. The van der Waals surface area contributed by atoms with Gasteiger partial charge in [0.25, 0.3) is 0 Å². The molecule has 2 fully saturated rings. The Bertz CT molecular complexity index is 282. The first-order valence-electron chi connectivity index (χ1n) is 6.66. The van der Waals surface area contributed by atoms with Crippen LogP contribution in [0.1, 0.15) is 40.0 Å². The van der Waals surface area contributed by atoms with Gasteiger partial charge in [-0.25, -0.2) is 4.79 Å². The molecule has 0 radical (unpaired) electrons. The molecule has 1 amide bonds. The van der Waals surface area contributed by atoms with Crippen LogP contribution in [0.5, 0.6) is 0 Å². The van der Waals surface area contributed by atoms with Gasteiger partial charge < -0.3 is 15.0 Å². The number of hydrogen-bond acceptors (Lipinski definition) is 3. The van der Waals surface area contributed by atoms with Crippen LogP contribution in [0.2, 0.25) is 0 Å². The summed E-state index contributed by atoms with van der Waals surface area (Å²) in [5, 5.41) is 3.28. The van der Waals surface area contributed by atoms with Crippen molar-refractivity contribution >= 4 is 6.09 Å². The van der Waals surface area contributed by atoms with E-state index in [1.54, 1.807) is 0 Å². The highest BCUT2D eigenvalue weighted by atomic mass is 16.6. The van der Waals surface area contributed by atoms with Crippen molar-refractivity contribution in [2.45, 2.75) is 51.7 Å². The highest BCUT2D eigenvalue weighted by molar-refractivity contribution is 5.68. The number of amides is 1. The number of rotatable bonds is 2. The van der Waals surface area contributed by atoms with Gasteiger partial charge in [-0.15, -0.1) is 0 Å². The predicted octanol–water partition coefficient (Wildman–Crippen LogP) is 2.00. The van der Waals surface area contributed by atoms with E-state index in [0.717, 1.165) is 44.8 Å². The topological polar surface area (TPSA) is 41.6 Å². The zero-order valence-electron chi connectivity index (χ0n) is 11.2. The van der Waals surface area contributed by atoms with Gasteiger partial charge in [0.05, 0.1) is 0 Å². The molecule has 0 bridgehead atoms. The molecule has 0 aromatic heterocycles. The summed E-state index contributed by atoms with van der Waals surface area (Å²) in [6.07, 6.45) is 3.25. The second kappa shape index (κ2) is 4.84. The van der Waals surface area contributed by atoms with Gasteiger partial charge in [-0.1, -0.05) is 0 Å². The van der Waals surface area contributed by atoms with Crippen LogP contribution < -0.4 is 5.32 Å². The lowest BCUT2D eigenvalue weighted by Crippen LogP contribution is -2.47. The van der Waals surface area contributed by atoms with E-state index in [1.807, 2.05) is 25.7 Å². The largest absolute Gasteiger partial charge is 0.444 e. The van der Waals surface area contributed by atoms with Gasteiger partial charge in [-0.2, -0.15) is 0 Å². The summed E-state index contributed by atoms with van der Waals surface area (Å²) in [6.45, 7) is 8.85. The van der Waals surface area contributed by atoms with Gasteiger partial charge in [0, 0.05) is 12.6 Å². The van der Waals surface area contributed by atoms with E-state index in [9.17, 15) is 4.79 Å². The molecule has 0 spiro atoms. The maximum atomic E-state index is 12.0. The lowest BCUT2D eigenvalue weighted by atomic mass is 9.93. The molecule has 0 aliphatic carbocycles. The number of carbonyl (C=O) groups is 1. The molecule has 2 aliphatic heterocycles. The standard InChI is InChI=1S/C13H24N2O2/c1-13(2,3)17-12(16)15-6-4-5-11(15)7-10-8-14-9-10/h10-11,14H,4-9H2,1-3H3. The van der Waals surface area contributed by atoms with Gasteiger partial charge >= 0.3 is 6.09 Å².